The maximum absolute atomic E-state index is 5.28. The zero-order valence-corrected chi connectivity index (χ0v) is 9.53. The highest BCUT2D eigenvalue weighted by molar-refractivity contribution is 7.99. The Morgan fingerprint density at radius 1 is 1.25 bits per heavy atom. The molecule has 0 aliphatic rings. The van der Waals surface area contributed by atoms with Crippen molar-refractivity contribution in [2.75, 3.05) is 5.43 Å². The molecule has 2 aromatic rings. The van der Waals surface area contributed by atoms with Gasteiger partial charge in [-0.05, 0) is 36.4 Å². The first-order valence-corrected chi connectivity index (χ1v) is 5.50. The highest BCUT2D eigenvalue weighted by Crippen LogP contribution is 2.22. The molecule has 0 aliphatic carbocycles. The van der Waals surface area contributed by atoms with E-state index in [0.717, 1.165) is 10.6 Å². The summed E-state index contributed by atoms with van der Waals surface area (Å²) in [4.78, 5) is 12.6. The maximum Gasteiger partial charge on any atom is 0.193 e. The van der Waals surface area contributed by atoms with E-state index in [9.17, 15) is 0 Å². The Morgan fingerprint density at radius 3 is 2.69 bits per heavy atom. The fraction of sp³-hybridized carbons (Fsp3) is 0.100. The second kappa shape index (κ2) is 4.91. The van der Waals surface area contributed by atoms with Crippen LogP contribution >= 0.6 is 11.8 Å². The summed E-state index contributed by atoms with van der Waals surface area (Å²) in [6.45, 7) is 1.95. The van der Waals surface area contributed by atoms with E-state index in [2.05, 4.69) is 20.4 Å². The number of nitrogens with zero attached hydrogens (tertiary/aromatic N) is 3. The Labute approximate surface area is 97.5 Å². The summed E-state index contributed by atoms with van der Waals surface area (Å²) in [6, 6.07) is 5.55. The molecule has 3 N–H and O–H groups in total. The Morgan fingerprint density at radius 2 is 2.00 bits per heavy atom. The summed E-state index contributed by atoms with van der Waals surface area (Å²) in [7, 11) is 0. The second-order valence-electron chi connectivity index (χ2n) is 3.15. The molecule has 0 aromatic carbocycles. The molecule has 0 aliphatic heterocycles. The van der Waals surface area contributed by atoms with Gasteiger partial charge in [-0.2, -0.15) is 0 Å². The van der Waals surface area contributed by atoms with E-state index in [1.54, 1.807) is 18.5 Å². The molecule has 0 fully saturated rings. The molecule has 0 atom stereocenters. The van der Waals surface area contributed by atoms with Crippen molar-refractivity contribution in [2.24, 2.45) is 5.84 Å². The molecule has 0 bridgehead atoms. The first kappa shape index (κ1) is 10.8. The molecule has 2 heterocycles. The van der Waals surface area contributed by atoms with Crippen molar-refractivity contribution in [1.29, 1.82) is 0 Å². The van der Waals surface area contributed by atoms with Crippen LogP contribution in [0, 0.1) is 6.92 Å². The first-order valence-electron chi connectivity index (χ1n) is 4.68. The molecule has 0 amide bonds. The fourth-order valence-corrected chi connectivity index (χ4v) is 1.77. The predicted octanol–water partition coefficient (Wildman–Crippen LogP) is 1.62. The van der Waals surface area contributed by atoms with Gasteiger partial charge in [0.15, 0.2) is 5.16 Å². The summed E-state index contributed by atoms with van der Waals surface area (Å²) >= 11 is 1.40. The summed E-state index contributed by atoms with van der Waals surface area (Å²) in [5, 5.41) is 1.48. The summed E-state index contributed by atoms with van der Waals surface area (Å²) in [6.07, 6.45) is 3.56. The lowest BCUT2D eigenvalue weighted by Crippen LogP contribution is -2.08. The summed E-state index contributed by atoms with van der Waals surface area (Å²) in [5.74, 6) is 5.90. The number of aromatic nitrogens is 3. The lowest BCUT2D eigenvalue weighted by Gasteiger charge is -2.02. The van der Waals surface area contributed by atoms with E-state index >= 15 is 0 Å². The zero-order valence-electron chi connectivity index (χ0n) is 8.71. The SMILES string of the molecule is Cc1cnc(Sc2cccc(NN)n2)nc1. The molecule has 6 heteroatoms. The van der Waals surface area contributed by atoms with Crippen LogP contribution in [0.3, 0.4) is 0 Å². The number of nitrogens with one attached hydrogen (secondary N) is 1. The maximum atomic E-state index is 5.28. The quantitative estimate of drug-likeness (QED) is 0.476. The molecule has 0 saturated carbocycles. The Kier molecular flexibility index (Phi) is 3.33. The third kappa shape index (κ3) is 2.68. The molecule has 16 heavy (non-hydrogen) atoms. The number of hydrazine groups is 1. The van der Waals surface area contributed by atoms with Gasteiger partial charge in [-0.15, -0.1) is 0 Å². The Hall–Kier alpha value is -1.66. The molecule has 82 valence electrons. The van der Waals surface area contributed by atoms with Crippen LogP contribution in [-0.2, 0) is 0 Å². The van der Waals surface area contributed by atoms with Crippen molar-refractivity contribution >= 4 is 17.6 Å². The average Bonchev–Trinajstić information content (AvgIpc) is 2.32. The molecule has 0 radical (unpaired) electrons. The van der Waals surface area contributed by atoms with Gasteiger partial charge in [-0.25, -0.2) is 20.8 Å². The first-order chi connectivity index (χ1) is 7.78. The van der Waals surface area contributed by atoms with Gasteiger partial charge in [0.25, 0.3) is 0 Å². The van der Waals surface area contributed by atoms with Crippen LogP contribution in [0.1, 0.15) is 5.56 Å². The standard InChI is InChI=1S/C10H11N5S/c1-7-5-12-10(13-6-7)16-9-4-2-3-8(14-9)15-11/h2-6H,11H2,1H3,(H,14,15). The molecule has 0 spiro atoms. The van der Waals surface area contributed by atoms with E-state index in [-0.39, 0.29) is 0 Å². The normalized spacial score (nSPS) is 10.1. The van der Waals surface area contributed by atoms with Crippen molar-refractivity contribution in [3.05, 3.63) is 36.2 Å². The third-order valence-corrected chi connectivity index (χ3v) is 2.65. The van der Waals surface area contributed by atoms with Crippen LogP contribution in [-0.4, -0.2) is 15.0 Å². The Balaban J connectivity index is 2.16. The van der Waals surface area contributed by atoms with Crippen LogP contribution in [0.25, 0.3) is 0 Å². The number of rotatable bonds is 3. The largest absolute Gasteiger partial charge is 0.308 e. The molecule has 2 aromatic heterocycles. The van der Waals surface area contributed by atoms with Crippen molar-refractivity contribution in [3.63, 3.8) is 0 Å². The predicted molar refractivity (Wildman–Crippen MR) is 62.9 cm³/mol. The number of anilines is 1. The van der Waals surface area contributed by atoms with Gasteiger partial charge in [0.05, 0.1) is 0 Å². The van der Waals surface area contributed by atoms with Gasteiger partial charge in [0, 0.05) is 12.4 Å². The van der Waals surface area contributed by atoms with Crippen LogP contribution in [0.5, 0.6) is 0 Å². The van der Waals surface area contributed by atoms with Crippen molar-refractivity contribution in [2.45, 2.75) is 17.1 Å². The van der Waals surface area contributed by atoms with Gasteiger partial charge in [0.1, 0.15) is 10.8 Å². The van der Waals surface area contributed by atoms with E-state index in [0.29, 0.717) is 11.0 Å². The average molecular weight is 233 g/mol. The highest BCUT2D eigenvalue weighted by Gasteiger charge is 2.02. The number of nitrogen functional groups attached to an aromatic ring is 1. The van der Waals surface area contributed by atoms with Crippen LogP contribution < -0.4 is 11.3 Å². The van der Waals surface area contributed by atoms with E-state index in [1.165, 1.54) is 11.8 Å². The lowest BCUT2D eigenvalue weighted by atomic mass is 10.4. The molecular weight excluding hydrogens is 222 g/mol. The smallest absolute Gasteiger partial charge is 0.193 e. The minimum absolute atomic E-state index is 0.622. The minimum atomic E-state index is 0.622. The number of aryl methyl sites for hydroxylation is 1. The van der Waals surface area contributed by atoms with Crippen molar-refractivity contribution < 1.29 is 0 Å². The van der Waals surface area contributed by atoms with E-state index in [4.69, 9.17) is 5.84 Å². The van der Waals surface area contributed by atoms with Crippen molar-refractivity contribution in [1.82, 2.24) is 15.0 Å². The van der Waals surface area contributed by atoms with Crippen LogP contribution in [0.4, 0.5) is 5.82 Å². The number of nitrogens with two attached hydrogens (primary N) is 1. The highest BCUT2D eigenvalue weighted by atomic mass is 32.2. The summed E-state index contributed by atoms with van der Waals surface area (Å²) < 4.78 is 0. The van der Waals surface area contributed by atoms with E-state index < -0.39 is 0 Å². The second-order valence-corrected chi connectivity index (χ2v) is 4.14. The van der Waals surface area contributed by atoms with Crippen LogP contribution in [0.15, 0.2) is 40.8 Å². The van der Waals surface area contributed by atoms with Crippen LogP contribution in [0.2, 0.25) is 0 Å². The molecular formula is C10H11N5S. The zero-order chi connectivity index (χ0) is 11.4. The fourth-order valence-electron chi connectivity index (χ4n) is 1.08. The number of hydrogen-bond acceptors (Lipinski definition) is 6. The van der Waals surface area contributed by atoms with Gasteiger partial charge in [-0.3, -0.25) is 0 Å². The molecule has 2 rings (SSSR count). The summed E-state index contributed by atoms with van der Waals surface area (Å²) in [5.41, 5.74) is 3.53. The van der Waals surface area contributed by atoms with Gasteiger partial charge in [0.2, 0.25) is 0 Å². The third-order valence-electron chi connectivity index (χ3n) is 1.82. The number of hydrogen-bond donors (Lipinski definition) is 2. The molecule has 0 unspecified atom stereocenters. The van der Waals surface area contributed by atoms with Gasteiger partial charge in [-0.1, -0.05) is 6.07 Å². The Bertz CT molecular complexity index is 471. The van der Waals surface area contributed by atoms with Gasteiger partial charge >= 0.3 is 0 Å². The monoisotopic (exact) mass is 233 g/mol. The topological polar surface area (TPSA) is 76.7 Å². The van der Waals surface area contributed by atoms with E-state index in [1.807, 2.05) is 19.1 Å². The molecule has 5 nitrogen and oxygen atoms in total. The van der Waals surface area contributed by atoms with Gasteiger partial charge < -0.3 is 5.43 Å². The minimum Gasteiger partial charge on any atom is -0.308 e. The molecule has 0 saturated heterocycles. The number of pyridine rings is 1. The lowest BCUT2D eigenvalue weighted by molar-refractivity contribution is 0.944. The van der Waals surface area contributed by atoms with Crippen molar-refractivity contribution in [3.8, 4) is 0 Å².